The van der Waals surface area contributed by atoms with Crippen LogP contribution in [0.3, 0.4) is 0 Å². The lowest BCUT2D eigenvalue weighted by Gasteiger charge is -2.15. The highest BCUT2D eigenvalue weighted by molar-refractivity contribution is 9.11. The Bertz CT molecular complexity index is 578. The summed E-state index contributed by atoms with van der Waals surface area (Å²) < 4.78 is 3.33. The van der Waals surface area contributed by atoms with Gasteiger partial charge in [-0.05, 0) is 47.9 Å². The molecule has 18 heavy (non-hydrogen) atoms. The lowest BCUT2D eigenvalue weighted by atomic mass is 10.0. The minimum absolute atomic E-state index is 0.168. The molecule has 0 heterocycles. The summed E-state index contributed by atoms with van der Waals surface area (Å²) >= 11 is 14.5. The van der Waals surface area contributed by atoms with Crippen molar-refractivity contribution >= 4 is 63.7 Å². The van der Waals surface area contributed by atoms with Crippen molar-refractivity contribution in [1.82, 2.24) is 0 Å². The van der Waals surface area contributed by atoms with E-state index in [1.807, 2.05) is 12.1 Å². The molecule has 0 aliphatic heterocycles. The van der Waals surface area contributed by atoms with Gasteiger partial charge in [0.2, 0.25) is 0 Å². The van der Waals surface area contributed by atoms with Crippen LogP contribution in [0.1, 0.15) is 21.5 Å². The molecule has 0 aliphatic carbocycles. The van der Waals surface area contributed by atoms with Crippen LogP contribution in [0, 0.1) is 6.92 Å². The Morgan fingerprint density at radius 2 is 1.67 bits per heavy atom. The fourth-order valence-electron chi connectivity index (χ4n) is 1.70. The molecule has 0 nitrogen and oxygen atoms in total. The molecule has 1 atom stereocenters. The molecule has 94 valence electrons. The van der Waals surface area contributed by atoms with Gasteiger partial charge >= 0.3 is 0 Å². The van der Waals surface area contributed by atoms with E-state index in [1.54, 1.807) is 0 Å². The highest BCUT2D eigenvalue weighted by atomic mass is 79.9. The summed E-state index contributed by atoms with van der Waals surface area (Å²) in [5, 5.41) is 0. The molecule has 0 saturated heterocycles. The largest absolute Gasteiger partial charge is 0.0786 e. The highest BCUT2D eigenvalue weighted by Crippen LogP contribution is 2.38. The van der Waals surface area contributed by atoms with Crippen LogP contribution in [0.15, 0.2) is 49.8 Å². The van der Waals surface area contributed by atoms with Gasteiger partial charge in [0.1, 0.15) is 0 Å². The maximum atomic E-state index is 3.77. The van der Waals surface area contributed by atoms with Crippen LogP contribution >= 0.6 is 63.7 Å². The summed E-state index contributed by atoms with van der Waals surface area (Å²) in [6.45, 7) is 2.08. The van der Waals surface area contributed by atoms with Crippen LogP contribution in [0.25, 0.3) is 0 Å². The SMILES string of the molecule is Cc1cc(Br)c(C(Br)c2cccc(Br)c2)cc1Br. The van der Waals surface area contributed by atoms with Gasteiger partial charge in [-0.1, -0.05) is 75.9 Å². The number of aryl methyl sites for hydroxylation is 1. The number of halogens is 4. The molecule has 0 bridgehead atoms. The van der Waals surface area contributed by atoms with E-state index >= 15 is 0 Å². The molecule has 2 aromatic carbocycles. The summed E-state index contributed by atoms with van der Waals surface area (Å²) in [5.41, 5.74) is 3.66. The van der Waals surface area contributed by atoms with Gasteiger partial charge in [-0.3, -0.25) is 0 Å². The predicted molar refractivity (Wildman–Crippen MR) is 91.5 cm³/mol. The van der Waals surface area contributed by atoms with Gasteiger partial charge < -0.3 is 0 Å². The minimum Gasteiger partial charge on any atom is -0.0786 e. The van der Waals surface area contributed by atoms with Crippen molar-refractivity contribution in [3.63, 3.8) is 0 Å². The smallest absolute Gasteiger partial charge is 0.0656 e. The molecule has 0 N–H and O–H groups in total. The second kappa shape index (κ2) is 6.21. The summed E-state index contributed by atoms with van der Waals surface area (Å²) in [7, 11) is 0. The number of benzene rings is 2. The Kier molecular flexibility index (Phi) is 5.09. The lowest BCUT2D eigenvalue weighted by molar-refractivity contribution is 1.15. The molecular formula is C14H10Br4. The van der Waals surface area contributed by atoms with Crippen molar-refractivity contribution in [2.24, 2.45) is 0 Å². The highest BCUT2D eigenvalue weighted by Gasteiger charge is 2.15. The van der Waals surface area contributed by atoms with Crippen LogP contribution in [-0.2, 0) is 0 Å². The summed E-state index contributed by atoms with van der Waals surface area (Å²) in [4.78, 5) is 0.168. The number of hydrogen-bond acceptors (Lipinski definition) is 0. The monoisotopic (exact) mass is 494 g/mol. The van der Waals surface area contributed by atoms with E-state index in [-0.39, 0.29) is 4.83 Å². The number of rotatable bonds is 2. The first-order chi connectivity index (χ1) is 8.49. The number of alkyl halides is 1. The Balaban J connectivity index is 2.46. The third-order valence-electron chi connectivity index (χ3n) is 2.69. The maximum absolute atomic E-state index is 3.77. The summed E-state index contributed by atoms with van der Waals surface area (Å²) in [5.74, 6) is 0. The molecular weight excluding hydrogens is 488 g/mol. The quantitative estimate of drug-likeness (QED) is 0.402. The molecule has 4 heteroatoms. The molecule has 0 spiro atoms. The minimum atomic E-state index is 0.168. The molecule has 0 fully saturated rings. The fraction of sp³-hybridized carbons (Fsp3) is 0.143. The zero-order valence-electron chi connectivity index (χ0n) is 9.55. The van der Waals surface area contributed by atoms with E-state index in [9.17, 15) is 0 Å². The van der Waals surface area contributed by atoms with Gasteiger partial charge in [-0.15, -0.1) is 0 Å². The van der Waals surface area contributed by atoms with Crippen LogP contribution in [0.2, 0.25) is 0 Å². The first kappa shape index (κ1) is 14.8. The predicted octanol–water partition coefficient (Wildman–Crippen LogP) is 6.77. The van der Waals surface area contributed by atoms with Gasteiger partial charge in [-0.2, -0.15) is 0 Å². The Hall–Kier alpha value is 0.360. The zero-order chi connectivity index (χ0) is 13.3. The van der Waals surface area contributed by atoms with Crippen LogP contribution in [0.5, 0.6) is 0 Å². The fourth-order valence-corrected chi connectivity index (χ4v) is 4.14. The van der Waals surface area contributed by atoms with E-state index in [4.69, 9.17) is 0 Å². The zero-order valence-corrected chi connectivity index (χ0v) is 15.9. The summed E-state index contributed by atoms with van der Waals surface area (Å²) in [6.07, 6.45) is 0. The second-order valence-corrected chi connectivity index (χ2v) is 7.58. The third-order valence-corrected chi connectivity index (χ3v) is 5.75. The first-order valence-corrected chi connectivity index (χ1v) is 8.63. The third kappa shape index (κ3) is 3.27. The molecule has 0 saturated carbocycles. The van der Waals surface area contributed by atoms with Crippen molar-refractivity contribution in [2.75, 3.05) is 0 Å². The summed E-state index contributed by atoms with van der Waals surface area (Å²) in [6, 6.07) is 12.6. The van der Waals surface area contributed by atoms with Crippen molar-refractivity contribution in [2.45, 2.75) is 11.8 Å². The Labute approximate surface area is 141 Å². The Morgan fingerprint density at radius 3 is 2.33 bits per heavy atom. The topological polar surface area (TPSA) is 0 Å². The first-order valence-electron chi connectivity index (χ1n) is 5.34. The molecule has 0 amide bonds. The van der Waals surface area contributed by atoms with Crippen LogP contribution < -0.4 is 0 Å². The van der Waals surface area contributed by atoms with Crippen molar-refractivity contribution in [3.05, 3.63) is 66.5 Å². The molecule has 2 rings (SSSR count). The van der Waals surface area contributed by atoms with E-state index < -0.39 is 0 Å². The van der Waals surface area contributed by atoms with Gasteiger partial charge in [0.25, 0.3) is 0 Å². The Morgan fingerprint density at radius 1 is 0.944 bits per heavy atom. The average molecular weight is 498 g/mol. The normalized spacial score (nSPS) is 12.5. The van der Waals surface area contributed by atoms with Crippen molar-refractivity contribution in [1.29, 1.82) is 0 Å². The van der Waals surface area contributed by atoms with Gasteiger partial charge in [0.15, 0.2) is 0 Å². The molecule has 0 aliphatic rings. The van der Waals surface area contributed by atoms with Crippen LogP contribution in [-0.4, -0.2) is 0 Å². The maximum Gasteiger partial charge on any atom is 0.0656 e. The van der Waals surface area contributed by atoms with E-state index in [0.717, 1.165) is 13.4 Å². The molecule has 0 aromatic heterocycles. The van der Waals surface area contributed by atoms with Crippen molar-refractivity contribution in [3.8, 4) is 0 Å². The number of hydrogen-bond donors (Lipinski definition) is 0. The van der Waals surface area contributed by atoms with Crippen molar-refractivity contribution < 1.29 is 0 Å². The van der Waals surface area contributed by atoms with Crippen LogP contribution in [0.4, 0.5) is 0 Å². The molecule has 1 unspecified atom stereocenters. The second-order valence-electron chi connectivity index (χ2n) is 4.04. The average Bonchev–Trinajstić information content (AvgIpc) is 2.33. The van der Waals surface area contributed by atoms with Gasteiger partial charge in [0.05, 0.1) is 4.83 Å². The lowest BCUT2D eigenvalue weighted by Crippen LogP contribution is -1.95. The van der Waals surface area contributed by atoms with E-state index in [0.29, 0.717) is 0 Å². The van der Waals surface area contributed by atoms with E-state index in [1.165, 1.54) is 16.7 Å². The molecule has 2 aromatic rings. The van der Waals surface area contributed by atoms with Gasteiger partial charge in [-0.25, -0.2) is 0 Å². The van der Waals surface area contributed by atoms with Gasteiger partial charge in [0, 0.05) is 13.4 Å². The molecule has 0 radical (unpaired) electrons. The van der Waals surface area contributed by atoms with E-state index in [2.05, 4.69) is 94.9 Å². The standard InChI is InChI=1S/C14H10Br4/c1-8-5-13(17)11(7-12(8)16)14(18)9-3-2-4-10(15)6-9/h2-7,14H,1H3.